The van der Waals surface area contributed by atoms with Gasteiger partial charge in [0, 0.05) is 25.5 Å². The topological polar surface area (TPSA) is 97.7 Å². The maximum absolute atomic E-state index is 12.2. The van der Waals surface area contributed by atoms with E-state index in [0.717, 1.165) is 31.4 Å². The Bertz CT molecular complexity index is 803. The lowest BCUT2D eigenvalue weighted by molar-refractivity contribution is -0.0457. The molecule has 0 bridgehead atoms. The Morgan fingerprint density at radius 1 is 1.46 bits per heavy atom. The molecule has 1 aliphatic rings. The second-order valence-corrected chi connectivity index (χ2v) is 5.93. The lowest BCUT2D eigenvalue weighted by atomic mass is 10.1. The molecule has 3 atom stereocenters. The molecule has 0 unspecified atom stereocenters. The average Bonchev–Trinajstić information content (AvgIpc) is 3.13. The average molecular weight is 332 g/mol. The number of aromatic nitrogens is 2. The number of unbranched alkanes of at least 4 members (excludes halogenated alkanes) is 2. The van der Waals surface area contributed by atoms with E-state index >= 15 is 0 Å². The Labute approximate surface area is 138 Å². The van der Waals surface area contributed by atoms with Crippen molar-refractivity contribution in [3.05, 3.63) is 28.5 Å². The highest BCUT2D eigenvalue weighted by atomic mass is 16.5. The number of aryl methyl sites for hydroxylation is 1. The minimum atomic E-state index is -0.807. The summed E-state index contributed by atoms with van der Waals surface area (Å²) in [5.74, 6) is 3.36. The predicted molar refractivity (Wildman–Crippen MR) is 86.3 cm³/mol. The van der Waals surface area contributed by atoms with Gasteiger partial charge in [-0.2, -0.15) is 4.98 Å². The number of rotatable bonds is 6. The molecule has 7 heteroatoms. The number of fused-ring (bicyclic) bond motifs is 1. The molecule has 2 N–H and O–H groups in total. The molecule has 1 aliphatic heterocycles. The van der Waals surface area contributed by atoms with Crippen LogP contribution in [0, 0.1) is 12.3 Å². The molecule has 7 nitrogen and oxygen atoms in total. The van der Waals surface area contributed by atoms with Gasteiger partial charge in [0.05, 0.1) is 18.1 Å². The van der Waals surface area contributed by atoms with Crippen molar-refractivity contribution in [2.24, 2.45) is 0 Å². The number of ether oxygens (including phenoxy) is 1. The monoisotopic (exact) mass is 332 g/mol. The SMILES string of the molecule is C#CCCCCc1cc2cn([C@H]3C[C@H](O)[C@@H](CO)O3)c(=O)nc2o1. The molecule has 0 amide bonds. The van der Waals surface area contributed by atoms with Crippen LogP contribution in [0.1, 0.15) is 37.7 Å². The minimum Gasteiger partial charge on any atom is -0.443 e. The molecule has 0 aliphatic carbocycles. The van der Waals surface area contributed by atoms with Gasteiger partial charge < -0.3 is 19.4 Å². The van der Waals surface area contributed by atoms with Crippen molar-refractivity contribution in [1.82, 2.24) is 9.55 Å². The smallest absolute Gasteiger partial charge is 0.353 e. The summed E-state index contributed by atoms with van der Waals surface area (Å²) < 4.78 is 12.4. The first-order chi connectivity index (χ1) is 11.6. The van der Waals surface area contributed by atoms with Gasteiger partial charge in [0.1, 0.15) is 18.1 Å². The molecular weight excluding hydrogens is 312 g/mol. The number of terminal acetylenes is 1. The third kappa shape index (κ3) is 3.36. The summed E-state index contributed by atoms with van der Waals surface area (Å²) in [7, 11) is 0. The maximum atomic E-state index is 12.2. The summed E-state index contributed by atoms with van der Waals surface area (Å²) in [6.45, 7) is -0.296. The van der Waals surface area contributed by atoms with Crippen LogP contribution < -0.4 is 5.69 Å². The fourth-order valence-electron chi connectivity index (χ4n) is 2.88. The molecule has 24 heavy (non-hydrogen) atoms. The summed E-state index contributed by atoms with van der Waals surface area (Å²) in [6, 6.07) is 1.85. The van der Waals surface area contributed by atoms with Crippen LogP contribution in [-0.4, -0.2) is 38.6 Å². The van der Waals surface area contributed by atoms with Crippen LogP contribution in [-0.2, 0) is 11.2 Å². The Morgan fingerprint density at radius 3 is 3.00 bits per heavy atom. The third-order valence-corrected chi connectivity index (χ3v) is 4.18. The molecule has 2 aromatic heterocycles. The van der Waals surface area contributed by atoms with Crippen LogP contribution in [0.3, 0.4) is 0 Å². The normalized spacial score (nSPS) is 23.6. The number of hydrogen-bond donors (Lipinski definition) is 2. The molecule has 3 heterocycles. The quantitative estimate of drug-likeness (QED) is 0.604. The van der Waals surface area contributed by atoms with Gasteiger partial charge >= 0.3 is 5.69 Å². The number of furan rings is 1. The predicted octanol–water partition coefficient (Wildman–Crippen LogP) is 0.976. The van der Waals surface area contributed by atoms with Crippen LogP contribution in [0.4, 0.5) is 0 Å². The van der Waals surface area contributed by atoms with E-state index in [4.69, 9.17) is 20.7 Å². The van der Waals surface area contributed by atoms with Gasteiger partial charge in [-0.25, -0.2) is 4.79 Å². The number of hydrogen-bond acceptors (Lipinski definition) is 6. The van der Waals surface area contributed by atoms with E-state index in [-0.39, 0.29) is 13.0 Å². The molecule has 3 rings (SSSR count). The zero-order chi connectivity index (χ0) is 17.1. The summed E-state index contributed by atoms with van der Waals surface area (Å²) in [6.07, 6.45) is 8.24. The Kier molecular flexibility index (Phi) is 5.00. The zero-order valence-corrected chi connectivity index (χ0v) is 13.2. The van der Waals surface area contributed by atoms with Gasteiger partial charge in [0.2, 0.25) is 5.71 Å². The van der Waals surface area contributed by atoms with E-state index in [1.54, 1.807) is 6.20 Å². The minimum absolute atomic E-state index is 0.231. The van der Waals surface area contributed by atoms with E-state index in [0.29, 0.717) is 11.1 Å². The second-order valence-electron chi connectivity index (χ2n) is 5.93. The van der Waals surface area contributed by atoms with Crippen LogP contribution in [0.25, 0.3) is 11.1 Å². The summed E-state index contributed by atoms with van der Waals surface area (Å²) in [5, 5.41) is 19.7. The van der Waals surface area contributed by atoms with Gasteiger partial charge in [0.25, 0.3) is 0 Å². The third-order valence-electron chi connectivity index (χ3n) is 4.18. The zero-order valence-electron chi connectivity index (χ0n) is 13.2. The molecule has 2 aromatic rings. The van der Waals surface area contributed by atoms with Crippen LogP contribution in [0.5, 0.6) is 0 Å². The van der Waals surface area contributed by atoms with Crippen molar-refractivity contribution in [2.45, 2.75) is 50.5 Å². The van der Waals surface area contributed by atoms with Gasteiger partial charge in [-0.15, -0.1) is 12.3 Å². The van der Waals surface area contributed by atoms with Crippen LogP contribution >= 0.6 is 0 Å². The Hall–Kier alpha value is -2.14. The molecule has 0 aromatic carbocycles. The number of aliphatic hydroxyl groups is 2. The van der Waals surface area contributed by atoms with E-state index < -0.39 is 24.1 Å². The van der Waals surface area contributed by atoms with Crippen molar-refractivity contribution >= 4 is 11.1 Å². The van der Waals surface area contributed by atoms with Gasteiger partial charge in [-0.05, 0) is 18.9 Å². The second kappa shape index (κ2) is 7.18. The molecule has 128 valence electrons. The highest BCUT2D eigenvalue weighted by Crippen LogP contribution is 2.28. The lowest BCUT2D eigenvalue weighted by Crippen LogP contribution is -2.27. The molecule has 0 spiro atoms. The van der Waals surface area contributed by atoms with Crippen molar-refractivity contribution in [2.75, 3.05) is 6.61 Å². The molecular formula is C17H20N2O5. The molecule has 1 saturated heterocycles. The number of aliphatic hydroxyl groups excluding tert-OH is 2. The summed E-state index contributed by atoms with van der Waals surface area (Å²) in [4.78, 5) is 16.1. The van der Waals surface area contributed by atoms with E-state index in [1.807, 2.05) is 6.07 Å². The lowest BCUT2D eigenvalue weighted by Gasteiger charge is -2.13. The molecule has 0 saturated carbocycles. The summed E-state index contributed by atoms with van der Waals surface area (Å²) >= 11 is 0. The molecule has 0 radical (unpaired) electrons. The fraction of sp³-hybridized carbons (Fsp3) is 0.529. The largest absolute Gasteiger partial charge is 0.443 e. The van der Waals surface area contributed by atoms with Gasteiger partial charge in [-0.1, -0.05) is 0 Å². The highest BCUT2D eigenvalue weighted by Gasteiger charge is 2.35. The first kappa shape index (κ1) is 16.7. The first-order valence-corrected chi connectivity index (χ1v) is 8.02. The standard InChI is InChI=1S/C17H20N2O5/c1-2-3-4-5-6-12-7-11-9-19(17(22)18-16(11)23-12)15-8-13(21)14(10-20)24-15/h1,7,9,13-15,20-21H,3-6,8,10H2/t13-,14+,15+/m0/s1. The highest BCUT2D eigenvalue weighted by molar-refractivity contribution is 5.72. The van der Waals surface area contributed by atoms with Crippen molar-refractivity contribution in [3.63, 3.8) is 0 Å². The van der Waals surface area contributed by atoms with E-state index in [9.17, 15) is 9.90 Å². The van der Waals surface area contributed by atoms with E-state index in [1.165, 1.54) is 4.57 Å². The Morgan fingerprint density at radius 2 is 2.29 bits per heavy atom. The van der Waals surface area contributed by atoms with E-state index in [2.05, 4.69) is 10.9 Å². The van der Waals surface area contributed by atoms with Crippen molar-refractivity contribution < 1.29 is 19.4 Å². The number of nitrogens with zero attached hydrogens (tertiary/aromatic N) is 2. The van der Waals surface area contributed by atoms with Crippen molar-refractivity contribution in [3.8, 4) is 12.3 Å². The fourth-order valence-corrected chi connectivity index (χ4v) is 2.88. The van der Waals surface area contributed by atoms with Gasteiger partial charge in [0.15, 0.2) is 0 Å². The first-order valence-electron chi connectivity index (χ1n) is 8.02. The van der Waals surface area contributed by atoms with Gasteiger partial charge in [-0.3, -0.25) is 4.57 Å². The van der Waals surface area contributed by atoms with Crippen molar-refractivity contribution in [1.29, 1.82) is 0 Å². The Balaban J connectivity index is 1.80. The molecule has 1 fully saturated rings. The maximum Gasteiger partial charge on any atom is 0.353 e. The van der Waals surface area contributed by atoms with Crippen LogP contribution in [0.2, 0.25) is 0 Å². The summed E-state index contributed by atoms with van der Waals surface area (Å²) in [5.41, 5.74) is -0.216. The van der Waals surface area contributed by atoms with Crippen LogP contribution in [0.15, 0.2) is 21.5 Å².